The second-order valence-electron chi connectivity index (χ2n) is 4.95. The average Bonchev–Trinajstić information content (AvgIpc) is 3.29. The fourth-order valence-electron chi connectivity index (χ4n) is 1.88. The van der Waals surface area contributed by atoms with Crippen molar-refractivity contribution in [2.45, 2.75) is 38.7 Å². The van der Waals surface area contributed by atoms with Crippen LogP contribution < -0.4 is 9.47 Å². The molecule has 0 spiro atoms. The van der Waals surface area contributed by atoms with E-state index in [-0.39, 0.29) is 6.10 Å². The van der Waals surface area contributed by atoms with Gasteiger partial charge in [0.2, 0.25) is 0 Å². The normalized spacial score (nSPS) is 16.5. The number of ether oxygens (including phenoxy) is 3. The summed E-state index contributed by atoms with van der Waals surface area (Å²) in [4.78, 5) is 0. The minimum atomic E-state index is 0.191. The Bertz CT molecular complexity index is 463. The largest absolute Gasteiger partial charge is 0.494 e. The maximum absolute atomic E-state index is 9.15. The van der Waals surface area contributed by atoms with Gasteiger partial charge in [-0.25, -0.2) is 0 Å². The van der Waals surface area contributed by atoms with Gasteiger partial charge in [0.25, 0.3) is 0 Å². The third-order valence-electron chi connectivity index (χ3n) is 3.17. The lowest BCUT2D eigenvalue weighted by molar-refractivity contribution is 0.261. The first-order valence-corrected chi connectivity index (χ1v) is 7.25. The van der Waals surface area contributed by atoms with Gasteiger partial charge in [0, 0.05) is 6.07 Å². The first kappa shape index (κ1) is 14.7. The van der Waals surface area contributed by atoms with E-state index in [1.807, 2.05) is 6.07 Å². The van der Waals surface area contributed by atoms with Crippen LogP contribution in [0, 0.1) is 11.3 Å². The van der Waals surface area contributed by atoms with Gasteiger partial charge in [0.05, 0.1) is 18.8 Å². The lowest BCUT2D eigenvalue weighted by atomic mass is 10.2. The molecule has 0 saturated carbocycles. The number of nitriles is 1. The Labute approximate surface area is 120 Å². The van der Waals surface area contributed by atoms with Crippen LogP contribution in [0.25, 0.3) is 0 Å². The molecule has 0 bridgehead atoms. The van der Waals surface area contributed by atoms with Crippen molar-refractivity contribution in [3.05, 3.63) is 23.8 Å². The number of unbranched alkanes of at least 4 members (excludes halogenated alkanes) is 3. The van der Waals surface area contributed by atoms with Crippen LogP contribution >= 0.6 is 0 Å². The van der Waals surface area contributed by atoms with Crippen molar-refractivity contribution >= 4 is 0 Å². The van der Waals surface area contributed by atoms with E-state index in [0.29, 0.717) is 24.5 Å². The molecule has 0 unspecified atom stereocenters. The van der Waals surface area contributed by atoms with E-state index in [4.69, 9.17) is 19.5 Å². The SMILES string of the molecule is CCCCCCOc1ccc(OC[C@@H]2CO2)c(C#N)c1. The van der Waals surface area contributed by atoms with E-state index in [1.54, 1.807) is 12.1 Å². The summed E-state index contributed by atoms with van der Waals surface area (Å²) in [5.41, 5.74) is 0.511. The quantitative estimate of drug-likeness (QED) is 0.512. The van der Waals surface area contributed by atoms with Crippen LogP contribution in [0.1, 0.15) is 38.2 Å². The summed E-state index contributed by atoms with van der Waals surface area (Å²) in [6, 6.07) is 7.53. The van der Waals surface area contributed by atoms with Crippen molar-refractivity contribution in [2.75, 3.05) is 19.8 Å². The van der Waals surface area contributed by atoms with Gasteiger partial charge < -0.3 is 14.2 Å². The van der Waals surface area contributed by atoms with Gasteiger partial charge in [0.1, 0.15) is 30.3 Å². The second kappa shape index (κ2) is 7.76. The summed E-state index contributed by atoms with van der Waals surface area (Å²) in [6.45, 7) is 4.14. The topological polar surface area (TPSA) is 54.8 Å². The van der Waals surface area contributed by atoms with E-state index >= 15 is 0 Å². The van der Waals surface area contributed by atoms with E-state index in [2.05, 4.69) is 13.0 Å². The Morgan fingerprint density at radius 2 is 2.15 bits per heavy atom. The zero-order valence-corrected chi connectivity index (χ0v) is 11.9. The van der Waals surface area contributed by atoms with Crippen LogP contribution in [-0.2, 0) is 4.74 Å². The molecule has 1 aromatic rings. The minimum absolute atomic E-state index is 0.191. The Hall–Kier alpha value is -1.73. The van der Waals surface area contributed by atoms with Crippen LogP contribution in [0.5, 0.6) is 11.5 Å². The van der Waals surface area contributed by atoms with E-state index in [0.717, 1.165) is 18.8 Å². The van der Waals surface area contributed by atoms with E-state index < -0.39 is 0 Å². The van der Waals surface area contributed by atoms with Crippen molar-refractivity contribution in [3.8, 4) is 17.6 Å². The molecule has 20 heavy (non-hydrogen) atoms. The molecular formula is C16H21NO3. The number of rotatable bonds is 9. The molecule has 1 saturated heterocycles. The van der Waals surface area contributed by atoms with Gasteiger partial charge >= 0.3 is 0 Å². The third kappa shape index (κ3) is 4.75. The zero-order valence-electron chi connectivity index (χ0n) is 11.9. The standard InChI is InChI=1S/C16H21NO3/c1-2-3-4-5-8-18-14-6-7-16(13(9-14)10-17)20-12-15-11-19-15/h6-7,9,15H,2-5,8,11-12H2,1H3/t15-/m0/s1. The van der Waals surface area contributed by atoms with Gasteiger partial charge in [-0.15, -0.1) is 0 Å². The molecule has 0 N–H and O–H groups in total. The summed E-state index contributed by atoms with van der Waals surface area (Å²) in [5, 5.41) is 9.15. The molecular weight excluding hydrogens is 254 g/mol. The minimum Gasteiger partial charge on any atom is -0.494 e. The molecule has 0 aromatic heterocycles. The number of epoxide rings is 1. The monoisotopic (exact) mass is 275 g/mol. The maximum atomic E-state index is 9.15. The number of nitrogens with zero attached hydrogens (tertiary/aromatic N) is 1. The van der Waals surface area contributed by atoms with Crippen LogP contribution in [-0.4, -0.2) is 25.9 Å². The predicted octanol–water partition coefficient (Wildman–Crippen LogP) is 3.29. The smallest absolute Gasteiger partial charge is 0.137 e. The maximum Gasteiger partial charge on any atom is 0.137 e. The highest BCUT2D eigenvalue weighted by Crippen LogP contribution is 2.25. The molecule has 1 atom stereocenters. The molecule has 1 aromatic carbocycles. The lowest BCUT2D eigenvalue weighted by Crippen LogP contribution is -2.05. The summed E-state index contributed by atoms with van der Waals surface area (Å²) in [6.07, 6.45) is 4.88. The third-order valence-corrected chi connectivity index (χ3v) is 3.17. The second-order valence-corrected chi connectivity index (χ2v) is 4.95. The van der Waals surface area contributed by atoms with Gasteiger partial charge in [-0.2, -0.15) is 5.26 Å². The summed E-state index contributed by atoms with van der Waals surface area (Å²) < 4.78 is 16.3. The molecule has 2 rings (SSSR count). The van der Waals surface area contributed by atoms with Crippen LogP contribution in [0.15, 0.2) is 18.2 Å². The number of benzene rings is 1. The van der Waals surface area contributed by atoms with Crippen molar-refractivity contribution in [3.63, 3.8) is 0 Å². The molecule has 4 nitrogen and oxygen atoms in total. The van der Waals surface area contributed by atoms with Gasteiger partial charge in [-0.3, -0.25) is 0 Å². The first-order valence-electron chi connectivity index (χ1n) is 7.25. The van der Waals surface area contributed by atoms with Crippen LogP contribution in [0.2, 0.25) is 0 Å². The molecule has 0 radical (unpaired) electrons. The molecule has 1 heterocycles. The fourth-order valence-corrected chi connectivity index (χ4v) is 1.88. The molecule has 1 aliphatic heterocycles. The van der Waals surface area contributed by atoms with Crippen LogP contribution in [0.3, 0.4) is 0 Å². The fraction of sp³-hybridized carbons (Fsp3) is 0.562. The Kier molecular flexibility index (Phi) is 5.69. The highest BCUT2D eigenvalue weighted by molar-refractivity contribution is 5.47. The summed E-state index contributed by atoms with van der Waals surface area (Å²) in [7, 11) is 0. The van der Waals surface area contributed by atoms with Crippen LogP contribution in [0.4, 0.5) is 0 Å². The van der Waals surface area contributed by atoms with Gasteiger partial charge in [0.15, 0.2) is 0 Å². The highest BCUT2D eigenvalue weighted by atomic mass is 16.6. The molecule has 108 valence electrons. The molecule has 4 heteroatoms. The Morgan fingerprint density at radius 1 is 1.30 bits per heavy atom. The Balaban J connectivity index is 1.82. The first-order chi connectivity index (χ1) is 9.83. The van der Waals surface area contributed by atoms with Crippen molar-refractivity contribution < 1.29 is 14.2 Å². The molecule has 1 aliphatic rings. The van der Waals surface area contributed by atoms with E-state index in [1.165, 1.54) is 19.3 Å². The van der Waals surface area contributed by atoms with Gasteiger partial charge in [-0.05, 0) is 18.6 Å². The van der Waals surface area contributed by atoms with E-state index in [9.17, 15) is 0 Å². The van der Waals surface area contributed by atoms with Crippen molar-refractivity contribution in [2.24, 2.45) is 0 Å². The lowest BCUT2D eigenvalue weighted by Gasteiger charge is -2.09. The van der Waals surface area contributed by atoms with Crippen molar-refractivity contribution in [1.29, 1.82) is 5.26 Å². The average molecular weight is 275 g/mol. The summed E-state index contributed by atoms with van der Waals surface area (Å²) in [5.74, 6) is 1.33. The highest BCUT2D eigenvalue weighted by Gasteiger charge is 2.23. The molecule has 1 fully saturated rings. The predicted molar refractivity (Wildman–Crippen MR) is 76.0 cm³/mol. The molecule has 0 aliphatic carbocycles. The number of hydrogen-bond acceptors (Lipinski definition) is 4. The summed E-state index contributed by atoms with van der Waals surface area (Å²) >= 11 is 0. The molecule has 0 amide bonds. The van der Waals surface area contributed by atoms with Crippen molar-refractivity contribution in [1.82, 2.24) is 0 Å². The van der Waals surface area contributed by atoms with Gasteiger partial charge in [-0.1, -0.05) is 26.2 Å². The Morgan fingerprint density at radius 3 is 2.85 bits per heavy atom. The zero-order chi connectivity index (χ0) is 14.2. The number of hydrogen-bond donors (Lipinski definition) is 0.